The lowest BCUT2D eigenvalue weighted by Crippen LogP contribution is -2.38. The van der Waals surface area contributed by atoms with Gasteiger partial charge in [0.2, 0.25) is 5.89 Å². The molecule has 0 atom stereocenters. The van der Waals surface area contributed by atoms with E-state index in [1.807, 2.05) is 0 Å². The fraction of sp³-hybridized carbons (Fsp3) is 0.364. The lowest BCUT2D eigenvalue weighted by Gasteiger charge is -2.33. The summed E-state index contributed by atoms with van der Waals surface area (Å²) in [5.74, 6) is 0.597. The number of aromatic nitrogens is 2. The molecule has 152 valence electrons. The zero-order valence-electron chi connectivity index (χ0n) is 16.1. The zero-order valence-corrected chi connectivity index (χ0v) is 16.1. The van der Waals surface area contributed by atoms with Crippen molar-refractivity contribution < 1.29 is 18.0 Å². The highest BCUT2D eigenvalue weighted by atomic mass is 19.1. The fourth-order valence-electron chi connectivity index (χ4n) is 3.57. The largest absolute Gasteiger partial charge is 0.381 e. The third-order valence-corrected chi connectivity index (χ3v) is 5.13. The molecule has 1 saturated heterocycles. The number of ether oxygens (including phenoxy) is 1. The quantitative estimate of drug-likeness (QED) is 0.598. The molecule has 2 heterocycles. The molecule has 2 aromatic carbocycles. The summed E-state index contributed by atoms with van der Waals surface area (Å²) in [4.78, 5) is 6.80. The highest BCUT2D eigenvalue weighted by Gasteiger charge is 2.24. The third-order valence-electron chi connectivity index (χ3n) is 5.13. The van der Waals surface area contributed by atoms with Crippen LogP contribution in [0.4, 0.5) is 8.78 Å². The molecule has 7 heteroatoms. The topological polar surface area (TPSA) is 51.4 Å². The van der Waals surface area contributed by atoms with Crippen molar-refractivity contribution in [3.63, 3.8) is 0 Å². The smallest absolute Gasteiger partial charge is 0.240 e. The van der Waals surface area contributed by atoms with Crippen LogP contribution in [-0.4, -0.2) is 34.3 Å². The second kappa shape index (κ2) is 9.24. The Kier molecular flexibility index (Phi) is 6.27. The van der Waals surface area contributed by atoms with Gasteiger partial charge in [-0.1, -0.05) is 29.4 Å². The van der Waals surface area contributed by atoms with Crippen LogP contribution in [0.1, 0.15) is 35.7 Å². The number of hydrogen-bond acceptors (Lipinski definition) is 5. The number of nitrogens with zero attached hydrogens (tertiary/aromatic N) is 3. The van der Waals surface area contributed by atoms with E-state index in [1.165, 1.54) is 24.3 Å². The third kappa shape index (κ3) is 5.46. The highest BCUT2D eigenvalue weighted by molar-refractivity contribution is 5.19. The number of halogens is 2. The molecular formula is C22H23F2N3O2. The van der Waals surface area contributed by atoms with E-state index in [0.29, 0.717) is 37.3 Å². The first-order valence-corrected chi connectivity index (χ1v) is 9.78. The molecule has 0 radical (unpaired) electrons. The van der Waals surface area contributed by atoms with Crippen LogP contribution in [0.25, 0.3) is 0 Å². The van der Waals surface area contributed by atoms with Gasteiger partial charge in [0.05, 0.1) is 6.54 Å². The van der Waals surface area contributed by atoms with Gasteiger partial charge in [-0.25, -0.2) is 8.78 Å². The van der Waals surface area contributed by atoms with E-state index in [2.05, 4.69) is 15.0 Å². The Morgan fingerprint density at radius 3 is 2.14 bits per heavy atom. The molecule has 0 spiro atoms. The second-order valence-corrected chi connectivity index (χ2v) is 7.28. The summed E-state index contributed by atoms with van der Waals surface area (Å²) in [6.45, 7) is 2.63. The lowest BCUT2D eigenvalue weighted by atomic mass is 10.1. The molecule has 1 aliphatic heterocycles. The maximum absolute atomic E-state index is 13.2. The van der Waals surface area contributed by atoms with Crippen molar-refractivity contribution in [3.05, 3.63) is 83.0 Å². The summed E-state index contributed by atoms with van der Waals surface area (Å²) in [5, 5.41) is 4.07. The van der Waals surface area contributed by atoms with Crippen molar-refractivity contribution in [1.82, 2.24) is 15.0 Å². The second-order valence-electron chi connectivity index (χ2n) is 7.28. The van der Waals surface area contributed by atoms with Gasteiger partial charge < -0.3 is 9.26 Å². The highest BCUT2D eigenvalue weighted by Crippen LogP contribution is 2.20. The van der Waals surface area contributed by atoms with Crippen molar-refractivity contribution in [2.45, 2.75) is 38.4 Å². The summed E-state index contributed by atoms with van der Waals surface area (Å²) >= 11 is 0. The predicted octanol–water partition coefficient (Wildman–Crippen LogP) is 4.12. The first-order chi connectivity index (χ1) is 14.2. The van der Waals surface area contributed by atoms with Crippen LogP contribution in [0, 0.1) is 11.6 Å². The van der Waals surface area contributed by atoms with Crippen molar-refractivity contribution >= 4 is 0 Å². The zero-order chi connectivity index (χ0) is 20.1. The minimum atomic E-state index is -0.268. The van der Waals surface area contributed by atoms with Crippen LogP contribution in [0.15, 0.2) is 53.1 Å². The number of benzene rings is 2. The molecular weight excluding hydrogens is 376 g/mol. The van der Waals surface area contributed by atoms with Crippen molar-refractivity contribution in [2.24, 2.45) is 0 Å². The van der Waals surface area contributed by atoms with Crippen LogP contribution in [-0.2, 0) is 24.2 Å². The summed E-state index contributed by atoms with van der Waals surface area (Å²) in [6, 6.07) is 13.2. The number of hydrogen-bond donors (Lipinski definition) is 0. The van der Waals surface area contributed by atoms with Crippen molar-refractivity contribution in [3.8, 4) is 0 Å². The Bertz CT molecular complexity index is 907. The van der Waals surface area contributed by atoms with Gasteiger partial charge >= 0.3 is 0 Å². The molecule has 4 rings (SSSR count). The maximum atomic E-state index is 13.2. The van der Waals surface area contributed by atoms with Crippen LogP contribution in [0.5, 0.6) is 0 Å². The summed E-state index contributed by atoms with van der Waals surface area (Å²) < 4.78 is 37.3. The summed E-state index contributed by atoms with van der Waals surface area (Å²) in [6.07, 6.45) is 2.34. The van der Waals surface area contributed by atoms with E-state index >= 15 is 0 Å². The average molecular weight is 399 g/mol. The van der Waals surface area contributed by atoms with Crippen LogP contribution < -0.4 is 0 Å². The molecule has 0 aliphatic carbocycles. The molecule has 0 saturated carbocycles. The molecule has 0 unspecified atom stereocenters. The molecule has 5 nitrogen and oxygen atoms in total. The van der Waals surface area contributed by atoms with Gasteiger partial charge in [-0.2, -0.15) is 4.98 Å². The van der Waals surface area contributed by atoms with Crippen molar-refractivity contribution in [1.29, 1.82) is 0 Å². The molecule has 1 fully saturated rings. The first-order valence-electron chi connectivity index (χ1n) is 9.78. The molecule has 0 amide bonds. The van der Waals surface area contributed by atoms with Gasteiger partial charge in [-0.3, -0.25) is 4.90 Å². The van der Waals surface area contributed by atoms with E-state index in [-0.39, 0.29) is 11.6 Å². The lowest BCUT2D eigenvalue weighted by molar-refractivity contribution is 0.0239. The molecule has 1 aliphatic rings. The van der Waals surface area contributed by atoms with E-state index in [9.17, 15) is 8.78 Å². The Labute approximate surface area is 168 Å². The van der Waals surface area contributed by atoms with Crippen LogP contribution >= 0.6 is 0 Å². The van der Waals surface area contributed by atoms with Crippen LogP contribution in [0.2, 0.25) is 0 Å². The fourth-order valence-corrected chi connectivity index (χ4v) is 3.57. The minimum absolute atomic E-state index is 0.242. The minimum Gasteiger partial charge on any atom is -0.381 e. The van der Waals surface area contributed by atoms with E-state index in [0.717, 1.165) is 37.2 Å². The maximum Gasteiger partial charge on any atom is 0.240 e. The molecule has 0 N–H and O–H groups in total. The summed E-state index contributed by atoms with van der Waals surface area (Å²) in [7, 11) is 0. The predicted molar refractivity (Wildman–Crippen MR) is 103 cm³/mol. The van der Waals surface area contributed by atoms with Gasteiger partial charge in [-0.15, -0.1) is 0 Å². The van der Waals surface area contributed by atoms with Crippen LogP contribution in [0.3, 0.4) is 0 Å². The first kappa shape index (κ1) is 19.7. The Hall–Kier alpha value is -2.64. The molecule has 29 heavy (non-hydrogen) atoms. The standard InChI is InChI=1S/C22H23F2N3O2/c23-18-5-1-16(2-6-18)13-21-25-22(29-26-21)15-27(20-9-11-28-12-10-20)14-17-3-7-19(24)8-4-17/h1-8,20H,9-15H2. The molecule has 1 aromatic heterocycles. The Morgan fingerprint density at radius 1 is 0.862 bits per heavy atom. The van der Waals surface area contributed by atoms with E-state index in [1.54, 1.807) is 24.3 Å². The normalized spacial score (nSPS) is 15.1. The van der Waals surface area contributed by atoms with Gasteiger partial charge in [0, 0.05) is 32.2 Å². The van der Waals surface area contributed by atoms with Gasteiger partial charge in [0.25, 0.3) is 0 Å². The molecule has 3 aromatic rings. The van der Waals surface area contributed by atoms with E-state index in [4.69, 9.17) is 9.26 Å². The Balaban J connectivity index is 1.45. The van der Waals surface area contributed by atoms with Crippen molar-refractivity contribution in [2.75, 3.05) is 13.2 Å². The van der Waals surface area contributed by atoms with Gasteiger partial charge in [0.15, 0.2) is 5.82 Å². The molecule has 0 bridgehead atoms. The van der Waals surface area contributed by atoms with Gasteiger partial charge in [0.1, 0.15) is 11.6 Å². The SMILES string of the molecule is Fc1ccc(Cc2noc(CN(Cc3ccc(F)cc3)C3CCOCC3)n2)cc1. The van der Waals surface area contributed by atoms with Gasteiger partial charge in [-0.05, 0) is 48.2 Å². The summed E-state index contributed by atoms with van der Waals surface area (Å²) in [5.41, 5.74) is 1.95. The average Bonchev–Trinajstić information content (AvgIpc) is 3.18. The monoisotopic (exact) mass is 399 g/mol. The number of rotatable bonds is 7. The van der Waals surface area contributed by atoms with E-state index < -0.39 is 0 Å². The Morgan fingerprint density at radius 2 is 1.48 bits per heavy atom.